The van der Waals surface area contributed by atoms with Crippen molar-refractivity contribution in [1.29, 1.82) is 0 Å². The molecule has 0 atom stereocenters. The number of nitrogens with zero attached hydrogens (tertiary/aromatic N) is 2. The van der Waals surface area contributed by atoms with Gasteiger partial charge < -0.3 is 0 Å². The summed E-state index contributed by atoms with van der Waals surface area (Å²) in [6, 6.07) is 25.3. The Morgan fingerprint density at radius 3 is 2.10 bits per heavy atom. The Labute approximate surface area is 182 Å². The minimum Gasteiger partial charge on any atom is -0.258 e. The highest BCUT2D eigenvalue weighted by molar-refractivity contribution is 5.97. The average molecular weight is 419 g/mol. The van der Waals surface area contributed by atoms with Gasteiger partial charge in [0.05, 0.1) is 16.1 Å². The van der Waals surface area contributed by atoms with Gasteiger partial charge >= 0.3 is 0 Å². The first-order chi connectivity index (χ1) is 13.8. The minimum atomic E-state index is -0.368. The van der Waals surface area contributed by atoms with Crippen molar-refractivity contribution in [2.24, 2.45) is 0 Å². The molecule has 0 saturated carbocycles. The summed E-state index contributed by atoms with van der Waals surface area (Å²) < 4.78 is 0. The lowest BCUT2D eigenvalue weighted by Crippen LogP contribution is -2.10. The molecular formula is C25H23ClN2O2. The van der Waals surface area contributed by atoms with Crippen LogP contribution in [0.1, 0.15) is 26.3 Å². The Morgan fingerprint density at radius 2 is 1.50 bits per heavy atom. The lowest BCUT2D eigenvalue weighted by molar-refractivity contribution is -0.384. The fraction of sp³-hybridized carbons (Fsp3) is 0.160. The second kappa shape index (κ2) is 8.25. The molecule has 0 aliphatic carbocycles. The summed E-state index contributed by atoms with van der Waals surface area (Å²) in [7, 11) is 0. The van der Waals surface area contributed by atoms with E-state index in [2.05, 4.69) is 45.0 Å². The van der Waals surface area contributed by atoms with Crippen LogP contribution in [0.4, 0.5) is 5.69 Å². The third-order valence-electron chi connectivity index (χ3n) is 5.13. The molecule has 3 aromatic carbocycles. The largest absolute Gasteiger partial charge is 0.270 e. The molecule has 30 heavy (non-hydrogen) atoms. The number of fused-ring (bicyclic) bond motifs is 1. The molecular weight excluding hydrogens is 396 g/mol. The molecule has 4 nitrogen and oxygen atoms in total. The van der Waals surface area contributed by atoms with Gasteiger partial charge in [-0.3, -0.25) is 10.1 Å². The highest BCUT2D eigenvalue weighted by atomic mass is 35.5. The monoisotopic (exact) mass is 418 g/mol. The molecule has 5 heteroatoms. The molecule has 0 aliphatic rings. The molecule has 0 fully saturated rings. The molecule has 0 spiro atoms. The van der Waals surface area contributed by atoms with E-state index in [-0.39, 0.29) is 28.4 Å². The van der Waals surface area contributed by atoms with E-state index in [9.17, 15) is 10.1 Å². The molecule has 0 saturated heterocycles. The third-order valence-corrected chi connectivity index (χ3v) is 5.13. The van der Waals surface area contributed by atoms with Crippen molar-refractivity contribution in [1.82, 2.24) is 4.98 Å². The minimum absolute atomic E-state index is 0. The topological polar surface area (TPSA) is 56.0 Å². The van der Waals surface area contributed by atoms with Gasteiger partial charge in [0.25, 0.3) is 5.69 Å². The van der Waals surface area contributed by atoms with Crippen LogP contribution in [0.5, 0.6) is 0 Å². The van der Waals surface area contributed by atoms with Crippen LogP contribution in [-0.2, 0) is 5.41 Å². The van der Waals surface area contributed by atoms with E-state index in [1.54, 1.807) is 12.1 Å². The van der Waals surface area contributed by atoms with Gasteiger partial charge in [0.2, 0.25) is 0 Å². The summed E-state index contributed by atoms with van der Waals surface area (Å²) in [6.07, 6.45) is 0. The van der Waals surface area contributed by atoms with Crippen LogP contribution in [0.3, 0.4) is 0 Å². The van der Waals surface area contributed by atoms with Gasteiger partial charge in [-0.15, -0.1) is 12.4 Å². The van der Waals surface area contributed by atoms with Gasteiger partial charge in [0.1, 0.15) is 0 Å². The summed E-state index contributed by atoms with van der Waals surface area (Å²) >= 11 is 0. The Bertz CT molecular complexity index is 1200. The lowest BCUT2D eigenvalue weighted by Gasteiger charge is -2.19. The first-order valence-electron chi connectivity index (χ1n) is 9.58. The first kappa shape index (κ1) is 21.5. The Hall–Kier alpha value is -3.24. The third kappa shape index (κ3) is 4.19. The molecule has 0 amide bonds. The van der Waals surface area contributed by atoms with Crippen LogP contribution in [0.25, 0.3) is 33.3 Å². The molecule has 4 aromatic rings. The zero-order valence-corrected chi connectivity index (χ0v) is 17.9. The van der Waals surface area contributed by atoms with Gasteiger partial charge in [-0.25, -0.2) is 4.98 Å². The highest BCUT2D eigenvalue weighted by Crippen LogP contribution is 2.34. The van der Waals surface area contributed by atoms with Crippen molar-refractivity contribution in [3.8, 4) is 22.4 Å². The maximum atomic E-state index is 11.3. The molecule has 4 rings (SSSR count). The predicted molar refractivity (Wildman–Crippen MR) is 125 cm³/mol. The normalized spacial score (nSPS) is 11.2. The number of hydrogen-bond donors (Lipinski definition) is 0. The molecule has 1 aromatic heterocycles. The Morgan fingerprint density at radius 1 is 0.833 bits per heavy atom. The van der Waals surface area contributed by atoms with Gasteiger partial charge in [-0.2, -0.15) is 0 Å². The van der Waals surface area contributed by atoms with Crippen molar-refractivity contribution in [2.45, 2.75) is 26.2 Å². The highest BCUT2D eigenvalue weighted by Gasteiger charge is 2.16. The smallest absolute Gasteiger partial charge is 0.258 e. The number of hydrogen-bond acceptors (Lipinski definition) is 3. The molecule has 0 unspecified atom stereocenters. The number of rotatable bonds is 3. The number of aromatic nitrogens is 1. The molecule has 0 radical (unpaired) electrons. The van der Waals surface area contributed by atoms with Crippen molar-refractivity contribution < 1.29 is 4.92 Å². The molecule has 0 N–H and O–H groups in total. The summed E-state index contributed by atoms with van der Waals surface area (Å²) in [6.45, 7) is 6.57. The van der Waals surface area contributed by atoms with Crippen molar-refractivity contribution in [3.63, 3.8) is 0 Å². The second-order valence-corrected chi connectivity index (χ2v) is 8.21. The van der Waals surface area contributed by atoms with E-state index in [0.29, 0.717) is 0 Å². The maximum Gasteiger partial charge on any atom is 0.270 e. The first-order valence-corrected chi connectivity index (χ1v) is 9.58. The van der Waals surface area contributed by atoms with E-state index in [4.69, 9.17) is 4.98 Å². The number of nitro benzene ring substituents is 1. The number of pyridine rings is 1. The van der Waals surface area contributed by atoms with Crippen LogP contribution in [0.15, 0.2) is 78.9 Å². The second-order valence-electron chi connectivity index (χ2n) is 8.21. The van der Waals surface area contributed by atoms with Crippen molar-refractivity contribution >= 4 is 29.0 Å². The molecule has 0 bridgehead atoms. The molecule has 1 heterocycles. The predicted octanol–water partition coefficient (Wildman–Crippen LogP) is 7.20. The quantitative estimate of drug-likeness (QED) is 0.261. The summed E-state index contributed by atoms with van der Waals surface area (Å²) in [5.74, 6) is 0. The average Bonchev–Trinajstić information content (AvgIpc) is 2.72. The zero-order valence-electron chi connectivity index (χ0n) is 17.1. The van der Waals surface area contributed by atoms with Gasteiger partial charge in [-0.1, -0.05) is 75.4 Å². The molecule has 152 valence electrons. The van der Waals surface area contributed by atoms with Crippen LogP contribution in [0.2, 0.25) is 0 Å². The van der Waals surface area contributed by atoms with Gasteiger partial charge in [0, 0.05) is 23.1 Å². The van der Waals surface area contributed by atoms with E-state index in [1.165, 1.54) is 11.6 Å². The lowest BCUT2D eigenvalue weighted by atomic mass is 9.86. The van der Waals surface area contributed by atoms with Crippen LogP contribution in [-0.4, -0.2) is 9.91 Å². The van der Waals surface area contributed by atoms with Crippen LogP contribution < -0.4 is 0 Å². The van der Waals surface area contributed by atoms with Crippen LogP contribution >= 0.6 is 12.4 Å². The van der Waals surface area contributed by atoms with E-state index in [0.717, 1.165) is 33.3 Å². The fourth-order valence-corrected chi connectivity index (χ4v) is 3.47. The Balaban J connectivity index is 0.00000256. The van der Waals surface area contributed by atoms with E-state index in [1.807, 2.05) is 36.4 Å². The molecule has 0 aliphatic heterocycles. The van der Waals surface area contributed by atoms with Crippen LogP contribution in [0, 0.1) is 10.1 Å². The SMILES string of the molecule is CC(C)(C)c1ccc(-c2cc(-c3ccccc3)c3cc([N+](=O)[O-])ccc3n2)cc1.Cl. The fourth-order valence-electron chi connectivity index (χ4n) is 3.47. The van der Waals surface area contributed by atoms with E-state index >= 15 is 0 Å². The van der Waals surface area contributed by atoms with E-state index < -0.39 is 0 Å². The number of non-ortho nitro benzene ring substituents is 1. The maximum absolute atomic E-state index is 11.3. The van der Waals surface area contributed by atoms with Gasteiger partial charge in [-0.05, 0) is 34.2 Å². The van der Waals surface area contributed by atoms with Gasteiger partial charge in [0.15, 0.2) is 0 Å². The Kier molecular flexibility index (Phi) is 5.90. The standard InChI is InChI=1S/C25H22N2O2.ClH/c1-25(2,3)19-11-9-18(10-12-19)24-16-21(17-7-5-4-6-8-17)22-15-20(27(28)29)13-14-23(22)26-24;/h4-16H,1-3H3;1H. The van der Waals surface area contributed by atoms with Crippen molar-refractivity contribution in [3.05, 3.63) is 94.5 Å². The summed E-state index contributed by atoms with van der Waals surface area (Å²) in [4.78, 5) is 15.7. The number of nitro groups is 1. The zero-order chi connectivity index (χ0) is 20.6. The summed E-state index contributed by atoms with van der Waals surface area (Å²) in [5, 5.41) is 12.1. The van der Waals surface area contributed by atoms with Crippen molar-refractivity contribution in [2.75, 3.05) is 0 Å². The number of halogens is 1. The number of benzene rings is 3. The summed E-state index contributed by atoms with van der Waals surface area (Å²) in [5.41, 5.74) is 5.98.